The number of ether oxygens (including phenoxy) is 1. The molecule has 0 fully saturated rings. The number of guanidine groups is 1. The second-order valence-corrected chi connectivity index (χ2v) is 6.78. The van der Waals surface area contributed by atoms with E-state index < -0.39 is 0 Å². The van der Waals surface area contributed by atoms with Gasteiger partial charge in [-0.25, -0.2) is 4.99 Å². The van der Waals surface area contributed by atoms with Crippen molar-refractivity contribution >= 4 is 5.96 Å². The molecule has 0 amide bonds. The van der Waals surface area contributed by atoms with Gasteiger partial charge >= 0.3 is 0 Å². The summed E-state index contributed by atoms with van der Waals surface area (Å²) >= 11 is 0. The molecule has 0 aliphatic carbocycles. The van der Waals surface area contributed by atoms with Gasteiger partial charge in [-0.1, -0.05) is 24.3 Å². The average Bonchev–Trinajstić information content (AvgIpc) is 2.69. The van der Waals surface area contributed by atoms with E-state index in [1.807, 2.05) is 57.3 Å². The number of hydrogen-bond donors (Lipinski definition) is 2. The summed E-state index contributed by atoms with van der Waals surface area (Å²) in [4.78, 5) is 16.3. The van der Waals surface area contributed by atoms with Crippen molar-refractivity contribution in [1.29, 1.82) is 0 Å². The molecule has 6 heteroatoms. The van der Waals surface area contributed by atoms with Crippen LogP contribution in [-0.2, 0) is 6.54 Å². The van der Waals surface area contributed by atoms with Gasteiger partial charge in [0.15, 0.2) is 5.96 Å². The molecule has 0 radical (unpaired) electrons. The van der Waals surface area contributed by atoms with Crippen LogP contribution < -0.4 is 20.9 Å². The van der Waals surface area contributed by atoms with Crippen molar-refractivity contribution in [2.45, 2.75) is 46.3 Å². The lowest BCUT2D eigenvalue weighted by atomic mass is 10.2. The fourth-order valence-corrected chi connectivity index (χ4v) is 2.76. The summed E-state index contributed by atoms with van der Waals surface area (Å²) in [6.45, 7) is 9.03. The second kappa shape index (κ2) is 11.8. The molecule has 0 spiro atoms. The van der Waals surface area contributed by atoms with Crippen LogP contribution in [0, 0.1) is 6.92 Å². The van der Waals surface area contributed by atoms with Gasteiger partial charge in [-0.05, 0) is 51.3 Å². The van der Waals surface area contributed by atoms with Crippen LogP contribution in [0.4, 0.5) is 0 Å². The monoisotopic (exact) mass is 384 g/mol. The number of benzene rings is 1. The number of pyridine rings is 1. The Labute approximate surface area is 167 Å². The summed E-state index contributed by atoms with van der Waals surface area (Å²) in [6, 6.07) is 13.3. The van der Waals surface area contributed by atoms with E-state index in [1.54, 1.807) is 16.7 Å². The first kappa shape index (κ1) is 21.5. The summed E-state index contributed by atoms with van der Waals surface area (Å²) in [6.07, 6.45) is 3.71. The average molecular weight is 385 g/mol. The molecular formula is C22H32N4O2. The minimum Gasteiger partial charge on any atom is -0.489 e. The van der Waals surface area contributed by atoms with Crippen molar-refractivity contribution in [3.63, 3.8) is 0 Å². The number of aliphatic imine (C=N–C) groups is 1. The number of aryl methyl sites for hydroxylation is 2. The summed E-state index contributed by atoms with van der Waals surface area (Å²) < 4.78 is 7.72. The highest BCUT2D eigenvalue weighted by Gasteiger charge is 2.06. The fraction of sp³-hybridized carbons (Fsp3) is 0.455. The Balaban J connectivity index is 1.74. The van der Waals surface area contributed by atoms with Crippen molar-refractivity contribution < 1.29 is 4.74 Å². The van der Waals surface area contributed by atoms with Crippen LogP contribution in [0.5, 0.6) is 5.75 Å². The Bertz CT molecular complexity index is 801. The van der Waals surface area contributed by atoms with Crippen molar-refractivity contribution in [3.8, 4) is 5.75 Å². The summed E-state index contributed by atoms with van der Waals surface area (Å²) in [5, 5.41) is 6.61. The number of para-hydroxylation sites is 1. The molecule has 1 aromatic heterocycles. The Morgan fingerprint density at radius 1 is 1.14 bits per heavy atom. The van der Waals surface area contributed by atoms with E-state index in [1.165, 1.54) is 0 Å². The Morgan fingerprint density at radius 2 is 1.93 bits per heavy atom. The maximum atomic E-state index is 11.7. The van der Waals surface area contributed by atoms with Crippen LogP contribution in [-0.4, -0.2) is 36.3 Å². The highest BCUT2D eigenvalue weighted by Crippen LogP contribution is 2.17. The van der Waals surface area contributed by atoms with Gasteiger partial charge in [-0.2, -0.15) is 0 Å². The van der Waals surface area contributed by atoms with Crippen molar-refractivity contribution in [2.75, 3.05) is 19.6 Å². The largest absolute Gasteiger partial charge is 0.489 e. The topological polar surface area (TPSA) is 67.7 Å². The Morgan fingerprint density at radius 3 is 2.68 bits per heavy atom. The SMILES string of the molecule is CCNC(=NCC(C)Oc1ccccc1C)NCCCCn1ccccc1=O. The molecule has 28 heavy (non-hydrogen) atoms. The van der Waals surface area contributed by atoms with Gasteiger partial charge < -0.3 is 19.9 Å². The lowest BCUT2D eigenvalue weighted by Gasteiger charge is -2.16. The van der Waals surface area contributed by atoms with Crippen LogP contribution in [0.3, 0.4) is 0 Å². The molecule has 0 saturated carbocycles. The zero-order valence-corrected chi connectivity index (χ0v) is 17.1. The van der Waals surface area contributed by atoms with E-state index >= 15 is 0 Å². The third-order valence-corrected chi connectivity index (χ3v) is 4.29. The Kier molecular flexibility index (Phi) is 9.11. The molecule has 2 N–H and O–H groups in total. The fourth-order valence-electron chi connectivity index (χ4n) is 2.76. The zero-order valence-electron chi connectivity index (χ0n) is 17.1. The van der Waals surface area contributed by atoms with Gasteiger partial charge in [0.05, 0.1) is 6.54 Å². The standard InChI is InChI=1S/C22H32N4O2/c1-4-23-22(24-14-8-10-16-26-15-9-7-13-21(26)27)25-17-19(3)28-20-12-6-5-11-18(20)2/h5-7,9,11-13,15,19H,4,8,10,14,16-17H2,1-3H3,(H2,23,24,25). The summed E-state index contributed by atoms with van der Waals surface area (Å²) in [7, 11) is 0. The predicted octanol–water partition coefficient (Wildman–Crippen LogP) is 2.96. The molecule has 0 aliphatic rings. The lowest BCUT2D eigenvalue weighted by Crippen LogP contribution is -2.38. The van der Waals surface area contributed by atoms with Gasteiger partial charge in [-0.3, -0.25) is 4.79 Å². The lowest BCUT2D eigenvalue weighted by molar-refractivity contribution is 0.228. The zero-order chi connectivity index (χ0) is 20.2. The highest BCUT2D eigenvalue weighted by atomic mass is 16.5. The number of nitrogens with zero attached hydrogens (tertiary/aromatic N) is 2. The van der Waals surface area contributed by atoms with E-state index in [9.17, 15) is 4.79 Å². The molecule has 152 valence electrons. The number of hydrogen-bond acceptors (Lipinski definition) is 3. The second-order valence-electron chi connectivity index (χ2n) is 6.78. The van der Waals surface area contributed by atoms with Crippen LogP contribution in [0.15, 0.2) is 58.4 Å². The number of unbranched alkanes of at least 4 members (excludes halogenated alkanes) is 1. The number of aromatic nitrogens is 1. The smallest absolute Gasteiger partial charge is 0.250 e. The van der Waals surface area contributed by atoms with E-state index in [0.717, 1.165) is 49.7 Å². The molecule has 2 rings (SSSR count). The molecule has 2 aromatic rings. The van der Waals surface area contributed by atoms with Gasteiger partial charge in [0, 0.05) is 31.9 Å². The quantitative estimate of drug-likeness (QED) is 0.375. The first-order chi connectivity index (χ1) is 13.6. The molecule has 0 bridgehead atoms. The molecule has 1 unspecified atom stereocenters. The molecular weight excluding hydrogens is 352 g/mol. The third kappa shape index (κ3) is 7.47. The minimum absolute atomic E-state index is 0.0125. The first-order valence-electron chi connectivity index (χ1n) is 10.00. The van der Waals surface area contributed by atoms with Crippen molar-refractivity contribution in [3.05, 3.63) is 64.6 Å². The molecule has 1 aromatic carbocycles. The maximum absolute atomic E-state index is 11.7. The van der Waals surface area contributed by atoms with E-state index in [-0.39, 0.29) is 11.7 Å². The van der Waals surface area contributed by atoms with Crippen molar-refractivity contribution in [1.82, 2.24) is 15.2 Å². The highest BCUT2D eigenvalue weighted by molar-refractivity contribution is 5.79. The van der Waals surface area contributed by atoms with Gasteiger partial charge in [0.1, 0.15) is 11.9 Å². The maximum Gasteiger partial charge on any atom is 0.250 e. The molecule has 6 nitrogen and oxygen atoms in total. The van der Waals surface area contributed by atoms with E-state index in [2.05, 4.69) is 15.6 Å². The first-order valence-corrected chi connectivity index (χ1v) is 10.00. The van der Waals surface area contributed by atoms with E-state index in [0.29, 0.717) is 6.54 Å². The Hall–Kier alpha value is -2.76. The molecule has 1 atom stereocenters. The van der Waals surface area contributed by atoms with Gasteiger partial charge in [0.2, 0.25) is 5.56 Å². The number of rotatable bonds is 10. The summed E-state index contributed by atoms with van der Waals surface area (Å²) in [5.41, 5.74) is 1.17. The van der Waals surface area contributed by atoms with Crippen LogP contribution in [0.1, 0.15) is 32.3 Å². The minimum atomic E-state index is -0.0125. The molecule has 0 saturated heterocycles. The van der Waals surface area contributed by atoms with Crippen molar-refractivity contribution in [2.24, 2.45) is 4.99 Å². The third-order valence-electron chi connectivity index (χ3n) is 4.29. The van der Waals surface area contributed by atoms with Crippen LogP contribution >= 0.6 is 0 Å². The number of nitrogens with one attached hydrogen (secondary N) is 2. The molecule has 0 aliphatic heterocycles. The van der Waals surface area contributed by atoms with Gasteiger partial charge in [-0.15, -0.1) is 0 Å². The predicted molar refractivity (Wildman–Crippen MR) is 115 cm³/mol. The van der Waals surface area contributed by atoms with Crippen LogP contribution in [0.25, 0.3) is 0 Å². The van der Waals surface area contributed by atoms with E-state index in [4.69, 9.17) is 4.74 Å². The van der Waals surface area contributed by atoms with Gasteiger partial charge in [0.25, 0.3) is 0 Å². The normalized spacial score (nSPS) is 12.5. The molecule has 1 heterocycles. The van der Waals surface area contributed by atoms with Crippen LogP contribution in [0.2, 0.25) is 0 Å². The summed E-state index contributed by atoms with van der Waals surface area (Å²) in [5.74, 6) is 1.69.